The van der Waals surface area contributed by atoms with Gasteiger partial charge in [-0.1, -0.05) is 0 Å². The topological polar surface area (TPSA) is 63.5 Å². The highest BCUT2D eigenvalue weighted by atomic mass is 19.1. The lowest BCUT2D eigenvalue weighted by atomic mass is 10.1. The summed E-state index contributed by atoms with van der Waals surface area (Å²) in [7, 11) is 1.65. The number of hydrogen-bond donors (Lipinski definition) is 0. The lowest BCUT2D eigenvalue weighted by Gasteiger charge is -2.15. The summed E-state index contributed by atoms with van der Waals surface area (Å²) >= 11 is 0. The van der Waals surface area contributed by atoms with Gasteiger partial charge in [-0.2, -0.15) is 4.39 Å². The summed E-state index contributed by atoms with van der Waals surface area (Å²) in [4.78, 5) is 23.2. The molecule has 6 heteroatoms. The van der Waals surface area contributed by atoms with Crippen molar-refractivity contribution in [2.45, 2.75) is 18.9 Å². The van der Waals surface area contributed by atoms with Crippen molar-refractivity contribution >= 4 is 11.6 Å². The summed E-state index contributed by atoms with van der Waals surface area (Å²) in [6.45, 7) is 0. The van der Waals surface area contributed by atoms with Crippen LogP contribution in [-0.2, 0) is 0 Å². The monoisotopic (exact) mass is 238 g/mol. The molecule has 1 aliphatic carbocycles. The minimum absolute atomic E-state index is 0.146. The van der Waals surface area contributed by atoms with Crippen LogP contribution in [0, 0.1) is 15.9 Å². The summed E-state index contributed by atoms with van der Waals surface area (Å²) < 4.78 is 13.1. The van der Waals surface area contributed by atoms with Gasteiger partial charge in [0.1, 0.15) is 0 Å². The van der Waals surface area contributed by atoms with Crippen LogP contribution in [0.25, 0.3) is 0 Å². The number of amides is 1. The van der Waals surface area contributed by atoms with E-state index in [0.29, 0.717) is 0 Å². The second-order valence-corrected chi connectivity index (χ2v) is 4.07. The lowest BCUT2D eigenvalue weighted by Crippen LogP contribution is -2.28. The predicted molar refractivity (Wildman–Crippen MR) is 58.2 cm³/mol. The third kappa shape index (κ3) is 2.25. The van der Waals surface area contributed by atoms with Crippen molar-refractivity contribution in [2.75, 3.05) is 7.05 Å². The van der Waals surface area contributed by atoms with Crippen molar-refractivity contribution in [2.24, 2.45) is 0 Å². The van der Waals surface area contributed by atoms with E-state index >= 15 is 0 Å². The van der Waals surface area contributed by atoms with Crippen molar-refractivity contribution < 1.29 is 14.1 Å². The van der Waals surface area contributed by atoms with E-state index in [1.54, 1.807) is 7.05 Å². The van der Waals surface area contributed by atoms with Crippen LogP contribution in [-0.4, -0.2) is 28.8 Å². The van der Waals surface area contributed by atoms with Crippen LogP contribution >= 0.6 is 0 Å². The summed E-state index contributed by atoms with van der Waals surface area (Å²) in [6, 6.07) is 3.42. The molecule has 1 fully saturated rings. The standard InChI is InChI=1S/C11H11FN2O3/c1-13(8-3-4-8)11(15)7-2-5-9(12)10(6-7)14(16)17/h2,5-6,8H,3-4H2,1H3. The van der Waals surface area contributed by atoms with Gasteiger partial charge in [0.05, 0.1) is 4.92 Å². The number of carbonyl (C=O) groups is 1. The van der Waals surface area contributed by atoms with Gasteiger partial charge in [-0.15, -0.1) is 0 Å². The number of rotatable bonds is 3. The minimum atomic E-state index is -0.930. The predicted octanol–water partition coefficient (Wildman–Crippen LogP) is 1.97. The largest absolute Gasteiger partial charge is 0.339 e. The molecule has 90 valence electrons. The Labute approximate surface area is 97.0 Å². The van der Waals surface area contributed by atoms with Crippen LogP contribution in [0.15, 0.2) is 18.2 Å². The number of benzene rings is 1. The van der Waals surface area contributed by atoms with Crippen molar-refractivity contribution in [1.29, 1.82) is 0 Å². The average Bonchev–Trinajstić information content (AvgIpc) is 3.11. The highest BCUT2D eigenvalue weighted by Crippen LogP contribution is 2.27. The van der Waals surface area contributed by atoms with Gasteiger partial charge in [0, 0.05) is 24.7 Å². The van der Waals surface area contributed by atoms with E-state index in [2.05, 4.69) is 0 Å². The van der Waals surface area contributed by atoms with Gasteiger partial charge in [0.25, 0.3) is 5.91 Å². The van der Waals surface area contributed by atoms with Gasteiger partial charge in [-0.3, -0.25) is 14.9 Å². The Morgan fingerprint density at radius 3 is 2.71 bits per heavy atom. The fourth-order valence-corrected chi connectivity index (χ4v) is 1.62. The number of carbonyl (C=O) groups excluding carboxylic acids is 1. The van der Waals surface area contributed by atoms with Crippen molar-refractivity contribution in [3.05, 3.63) is 39.7 Å². The molecule has 2 rings (SSSR count). The molecule has 1 aliphatic rings. The van der Waals surface area contributed by atoms with Gasteiger partial charge < -0.3 is 4.90 Å². The molecule has 1 amide bonds. The SMILES string of the molecule is CN(C(=O)c1ccc(F)c([N+](=O)[O-])c1)C1CC1. The van der Waals surface area contributed by atoms with Crippen LogP contribution in [0.5, 0.6) is 0 Å². The highest BCUT2D eigenvalue weighted by Gasteiger charge is 2.30. The third-order valence-electron chi connectivity index (χ3n) is 2.80. The zero-order valence-electron chi connectivity index (χ0n) is 9.22. The number of nitro benzene ring substituents is 1. The van der Waals surface area contributed by atoms with Gasteiger partial charge in [-0.25, -0.2) is 0 Å². The maximum Gasteiger partial charge on any atom is 0.305 e. The second kappa shape index (κ2) is 4.12. The Morgan fingerprint density at radius 2 is 2.18 bits per heavy atom. The van der Waals surface area contributed by atoms with Crippen LogP contribution in [0.3, 0.4) is 0 Å². The first-order valence-corrected chi connectivity index (χ1v) is 5.22. The summed E-state index contributed by atoms with van der Waals surface area (Å²) in [5.74, 6) is -1.24. The zero-order valence-corrected chi connectivity index (χ0v) is 9.22. The molecule has 0 aromatic heterocycles. The van der Waals surface area contributed by atoms with Crippen LogP contribution < -0.4 is 0 Å². The fourth-order valence-electron chi connectivity index (χ4n) is 1.62. The molecule has 1 aromatic rings. The number of halogens is 1. The van der Waals surface area contributed by atoms with Crippen LogP contribution in [0.1, 0.15) is 23.2 Å². The first kappa shape index (κ1) is 11.5. The number of nitrogens with zero attached hydrogens (tertiary/aromatic N) is 2. The Bertz CT molecular complexity index is 486. The van der Waals surface area contributed by atoms with Gasteiger partial charge in [0.15, 0.2) is 0 Å². The Balaban J connectivity index is 2.29. The van der Waals surface area contributed by atoms with Gasteiger partial charge in [-0.05, 0) is 25.0 Å². The molecule has 0 heterocycles. The first-order valence-electron chi connectivity index (χ1n) is 5.22. The molecule has 0 bridgehead atoms. The Morgan fingerprint density at radius 1 is 1.53 bits per heavy atom. The molecule has 0 atom stereocenters. The lowest BCUT2D eigenvalue weighted by molar-refractivity contribution is -0.387. The van der Waals surface area contributed by atoms with E-state index in [9.17, 15) is 19.3 Å². The molecular weight excluding hydrogens is 227 g/mol. The molecular formula is C11H11FN2O3. The molecule has 0 spiro atoms. The number of nitro groups is 1. The maximum absolute atomic E-state index is 13.1. The van der Waals surface area contributed by atoms with E-state index in [4.69, 9.17) is 0 Å². The Kier molecular flexibility index (Phi) is 2.79. The summed E-state index contributed by atoms with van der Waals surface area (Å²) in [6.07, 6.45) is 1.90. The van der Waals surface area contributed by atoms with E-state index in [1.807, 2.05) is 0 Å². The molecule has 0 saturated heterocycles. The third-order valence-corrected chi connectivity index (χ3v) is 2.80. The van der Waals surface area contributed by atoms with Gasteiger partial charge >= 0.3 is 5.69 Å². The normalized spacial score (nSPS) is 14.5. The number of hydrogen-bond acceptors (Lipinski definition) is 3. The quantitative estimate of drug-likeness (QED) is 0.597. The second-order valence-electron chi connectivity index (χ2n) is 4.07. The molecule has 0 radical (unpaired) electrons. The van der Waals surface area contributed by atoms with E-state index in [1.165, 1.54) is 11.0 Å². The molecule has 0 unspecified atom stereocenters. The van der Waals surface area contributed by atoms with Crippen LogP contribution in [0.4, 0.5) is 10.1 Å². The molecule has 5 nitrogen and oxygen atoms in total. The molecule has 1 aromatic carbocycles. The van der Waals surface area contributed by atoms with Gasteiger partial charge in [0.2, 0.25) is 5.82 Å². The van der Waals surface area contributed by atoms with Crippen molar-refractivity contribution in [1.82, 2.24) is 4.90 Å². The zero-order chi connectivity index (χ0) is 12.6. The van der Waals surface area contributed by atoms with E-state index in [0.717, 1.165) is 25.0 Å². The van der Waals surface area contributed by atoms with Crippen LogP contribution in [0.2, 0.25) is 0 Å². The van der Waals surface area contributed by atoms with Crippen molar-refractivity contribution in [3.63, 3.8) is 0 Å². The minimum Gasteiger partial charge on any atom is -0.339 e. The highest BCUT2D eigenvalue weighted by molar-refractivity contribution is 5.95. The summed E-state index contributed by atoms with van der Waals surface area (Å²) in [5, 5.41) is 10.6. The van der Waals surface area contributed by atoms with Crippen molar-refractivity contribution in [3.8, 4) is 0 Å². The molecule has 1 saturated carbocycles. The fraction of sp³-hybridized carbons (Fsp3) is 0.364. The maximum atomic E-state index is 13.1. The summed E-state index contributed by atoms with van der Waals surface area (Å²) in [5.41, 5.74) is -0.521. The first-order chi connectivity index (χ1) is 8.00. The molecule has 0 aliphatic heterocycles. The average molecular weight is 238 g/mol. The molecule has 17 heavy (non-hydrogen) atoms. The van der Waals surface area contributed by atoms with E-state index in [-0.39, 0.29) is 17.5 Å². The Hall–Kier alpha value is -1.98. The van der Waals surface area contributed by atoms with E-state index < -0.39 is 16.4 Å². The molecule has 0 N–H and O–H groups in total. The smallest absolute Gasteiger partial charge is 0.305 e.